The molecule has 4 heteroatoms. The van der Waals surface area contributed by atoms with E-state index in [1.807, 2.05) is 0 Å². The van der Waals surface area contributed by atoms with Gasteiger partial charge in [0, 0.05) is 6.20 Å². The van der Waals surface area contributed by atoms with Crippen LogP contribution in [-0.4, -0.2) is 34.9 Å². The second-order valence-corrected chi connectivity index (χ2v) is 1.98. The van der Waals surface area contributed by atoms with Crippen molar-refractivity contribution in [3.63, 3.8) is 0 Å². The van der Waals surface area contributed by atoms with Crippen LogP contribution in [0.5, 0.6) is 0 Å². The van der Waals surface area contributed by atoms with E-state index in [0.29, 0.717) is 0 Å². The molecule has 0 bridgehead atoms. The van der Waals surface area contributed by atoms with Crippen LogP contribution in [0.25, 0.3) is 6.08 Å². The number of aromatic nitrogens is 1. The zero-order valence-electron chi connectivity index (χ0n) is 5.82. The molecular formula is C8H8LiNO2. The van der Waals surface area contributed by atoms with E-state index >= 15 is 0 Å². The van der Waals surface area contributed by atoms with Crippen molar-refractivity contribution in [3.05, 3.63) is 36.2 Å². The first-order valence-electron chi connectivity index (χ1n) is 3.06. The van der Waals surface area contributed by atoms with Crippen molar-refractivity contribution in [1.82, 2.24) is 4.98 Å². The summed E-state index contributed by atoms with van der Waals surface area (Å²) in [6.07, 6.45) is 3.02. The molecule has 1 rings (SSSR count). The number of aromatic carboxylic acids is 1. The van der Waals surface area contributed by atoms with Crippen LogP contribution in [0.3, 0.4) is 0 Å². The van der Waals surface area contributed by atoms with Gasteiger partial charge in [-0.15, -0.1) is 0 Å². The van der Waals surface area contributed by atoms with Gasteiger partial charge in [-0.05, 0) is 17.7 Å². The second-order valence-electron chi connectivity index (χ2n) is 1.98. The summed E-state index contributed by atoms with van der Waals surface area (Å²) >= 11 is 0. The molecule has 0 saturated carbocycles. The molecular weight excluding hydrogens is 149 g/mol. The number of hydrogen-bond acceptors (Lipinski definition) is 2. The SMILES string of the molecule is C=Cc1ccnc(C(=O)O)c1.[LiH]. The third-order valence-electron chi connectivity index (χ3n) is 1.24. The van der Waals surface area contributed by atoms with Crippen molar-refractivity contribution in [2.75, 3.05) is 0 Å². The standard InChI is InChI=1S/C8H7NO2.Li.H/c1-2-6-3-4-9-7(5-6)8(10)11;;/h2-5H,1H2,(H,10,11);;. The van der Waals surface area contributed by atoms with Gasteiger partial charge in [-0.3, -0.25) is 0 Å². The summed E-state index contributed by atoms with van der Waals surface area (Å²) in [7, 11) is 0. The van der Waals surface area contributed by atoms with E-state index in [2.05, 4.69) is 11.6 Å². The fourth-order valence-electron chi connectivity index (χ4n) is 0.691. The normalized spacial score (nSPS) is 8.33. The zero-order chi connectivity index (χ0) is 8.27. The molecule has 0 spiro atoms. The van der Waals surface area contributed by atoms with Crippen molar-refractivity contribution >= 4 is 30.9 Å². The summed E-state index contributed by atoms with van der Waals surface area (Å²) in [5.74, 6) is -1.02. The van der Waals surface area contributed by atoms with Crippen LogP contribution in [0.4, 0.5) is 0 Å². The Morgan fingerprint density at radius 2 is 2.33 bits per heavy atom. The van der Waals surface area contributed by atoms with Crippen molar-refractivity contribution in [1.29, 1.82) is 0 Å². The molecule has 0 aliphatic carbocycles. The minimum atomic E-state index is -1.02. The van der Waals surface area contributed by atoms with E-state index in [1.165, 1.54) is 12.3 Å². The molecule has 1 aromatic rings. The number of nitrogens with zero attached hydrogens (tertiary/aromatic N) is 1. The second kappa shape index (κ2) is 4.76. The van der Waals surface area contributed by atoms with Gasteiger partial charge in [0.2, 0.25) is 0 Å². The molecule has 0 fully saturated rings. The van der Waals surface area contributed by atoms with Gasteiger partial charge in [0.15, 0.2) is 0 Å². The molecule has 12 heavy (non-hydrogen) atoms. The Bertz CT molecular complexity index is 299. The molecule has 0 saturated heterocycles. The maximum atomic E-state index is 10.4. The Morgan fingerprint density at radius 1 is 1.67 bits per heavy atom. The quantitative estimate of drug-likeness (QED) is 0.645. The van der Waals surface area contributed by atoms with E-state index in [9.17, 15) is 4.79 Å². The zero-order valence-corrected chi connectivity index (χ0v) is 5.82. The average molecular weight is 157 g/mol. The third kappa shape index (κ3) is 2.54. The number of carbonyl (C=O) groups is 1. The summed E-state index contributed by atoms with van der Waals surface area (Å²) in [5.41, 5.74) is 0.805. The van der Waals surface area contributed by atoms with Crippen LogP contribution in [0.1, 0.15) is 16.1 Å². The fourth-order valence-corrected chi connectivity index (χ4v) is 0.691. The first-order valence-corrected chi connectivity index (χ1v) is 3.06. The van der Waals surface area contributed by atoms with E-state index in [4.69, 9.17) is 5.11 Å². The molecule has 0 atom stereocenters. The van der Waals surface area contributed by atoms with Gasteiger partial charge in [-0.25, -0.2) is 9.78 Å². The van der Waals surface area contributed by atoms with Crippen molar-refractivity contribution < 1.29 is 9.90 Å². The molecule has 1 heterocycles. The fraction of sp³-hybridized carbons (Fsp3) is 0. The van der Waals surface area contributed by atoms with Gasteiger partial charge in [0.1, 0.15) is 5.69 Å². The van der Waals surface area contributed by atoms with Crippen LogP contribution in [0.15, 0.2) is 24.9 Å². The topological polar surface area (TPSA) is 50.2 Å². The van der Waals surface area contributed by atoms with Crippen LogP contribution >= 0.6 is 0 Å². The maximum absolute atomic E-state index is 10.4. The summed E-state index contributed by atoms with van der Waals surface area (Å²) in [6, 6.07) is 3.16. The molecule has 1 aromatic heterocycles. The average Bonchev–Trinajstić information content (AvgIpc) is 2.05. The molecule has 0 aromatic carbocycles. The number of hydrogen-bond donors (Lipinski definition) is 1. The van der Waals surface area contributed by atoms with E-state index in [1.54, 1.807) is 12.1 Å². The van der Waals surface area contributed by atoms with Gasteiger partial charge in [-0.1, -0.05) is 12.7 Å². The van der Waals surface area contributed by atoms with Crippen LogP contribution in [0.2, 0.25) is 0 Å². The van der Waals surface area contributed by atoms with Gasteiger partial charge < -0.3 is 5.11 Å². The van der Waals surface area contributed by atoms with Gasteiger partial charge in [0.05, 0.1) is 0 Å². The van der Waals surface area contributed by atoms with Gasteiger partial charge in [-0.2, -0.15) is 0 Å². The Labute approximate surface area is 82.3 Å². The number of carboxylic acids is 1. The Morgan fingerprint density at radius 3 is 2.83 bits per heavy atom. The first kappa shape index (κ1) is 11.0. The van der Waals surface area contributed by atoms with Crippen LogP contribution < -0.4 is 0 Å². The van der Waals surface area contributed by atoms with Crippen LogP contribution in [0, 0.1) is 0 Å². The minimum absolute atomic E-state index is 0. The molecule has 0 unspecified atom stereocenters. The van der Waals surface area contributed by atoms with Gasteiger partial charge >= 0.3 is 24.8 Å². The van der Waals surface area contributed by atoms with Gasteiger partial charge in [0.25, 0.3) is 0 Å². The molecule has 0 radical (unpaired) electrons. The third-order valence-corrected chi connectivity index (χ3v) is 1.24. The van der Waals surface area contributed by atoms with E-state index in [-0.39, 0.29) is 24.6 Å². The molecule has 0 aliphatic heterocycles. The summed E-state index contributed by atoms with van der Waals surface area (Å²) in [5, 5.41) is 8.51. The molecule has 58 valence electrons. The Hall–Kier alpha value is -1.04. The van der Waals surface area contributed by atoms with Crippen molar-refractivity contribution in [2.24, 2.45) is 0 Å². The van der Waals surface area contributed by atoms with E-state index in [0.717, 1.165) is 5.56 Å². The van der Waals surface area contributed by atoms with E-state index < -0.39 is 5.97 Å². The monoisotopic (exact) mass is 157 g/mol. The number of rotatable bonds is 2. The van der Waals surface area contributed by atoms with Crippen LogP contribution in [-0.2, 0) is 0 Å². The summed E-state index contributed by atoms with van der Waals surface area (Å²) < 4.78 is 0. The molecule has 3 nitrogen and oxygen atoms in total. The van der Waals surface area contributed by atoms with Crippen molar-refractivity contribution in [2.45, 2.75) is 0 Å². The first-order chi connectivity index (χ1) is 5.24. The predicted octanol–water partition coefficient (Wildman–Crippen LogP) is 0.774. The summed E-state index contributed by atoms with van der Waals surface area (Å²) in [6.45, 7) is 3.51. The Balaban J connectivity index is 0.00000121. The van der Waals surface area contributed by atoms with Crippen molar-refractivity contribution in [3.8, 4) is 0 Å². The summed E-state index contributed by atoms with van der Waals surface area (Å²) in [4.78, 5) is 14.0. The number of carboxylic acid groups (broad SMARTS) is 1. The predicted molar refractivity (Wildman–Crippen MR) is 48.4 cm³/mol. The number of pyridine rings is 1. The molecule has 0 aliphatic rings. The Kier molecular flexibility index (Phi) is 4.35. The molecule has 0 amide bonds. The molecule has 1 N–H and O–H groups in total.